The number of ether oxygens (including phenoxy) is 2. The second-order valence-electron chi connectivity index (χ2n) is 3.57. The first-order valence-electron chi connectivity index (χ1n) is 4.92. The van der Waals surface area contributed by atoms with Crippen LogP contribution in [0.3, 0.4) is 0 Å². The smallest absolute Gasteiger partial charge is 0.168 e. The van der Waals surface area contributed by atoms with Gasteiger partial charge in [0.05, 0.1) is 19.8 Å². The number of allylic oxidation sites excluding steroid dienone is 3. The maximum atomic E-state index is 11.1. The molecule has 1 saturated heterocycles. The van der Waals surface area contributed by atoms with Crippen LogP contribution >= 0.6 is 0 Å². The van der Waals surface area contributed by atoms with Crippen molar-refractivity contribution in [3.8, 4) is 0 Å². The molecule has 0 aromatic carbocycles. The van der Waals surface area contributed by atoms with E-state index in [1.54, 1.807) is 0 Å². The molecule has 2 rings (SSSR count). The number of rotatable bonds is 2. The Morgan fingerprint density at radius 1 is 1.43 bits per heavy atom. The van der Waals surface area contributed by atoms with Crippen LogP contribution in [0.1, 0.15) is 12.8 Å². The van der Waals surface area contributed by atoms with Crippen LogP contribution in [0.25, 0.3) is 0 Å². The summed E-state index contributed by atoms with van der Waals surface area (Å²) >= 11 is 0. The van der Waals surface area contributed by atoms with E-state index in [1.165, 1.54) is 0 Å². The molecule has 0 spiro atoms. The minimum Gasteiger partial charge on any atom is -0.375 e. The Hall–Kier alpha value is -0.930. The molecule has 1 aliphatic heterocycles. The van der Waals surface area contributed by atoms with E-state index in [0.29, 0.717) is 19.8 Å². The highest BCUT2D eigenvalue weighted by molar-refractivity contribution is 5.69. The van der Waals surface area contributed by atoms with E-state index >= 15 is 0 Å². The summed E-state index contributed by atoms with van der Waals surface area (Å²) in [7, 11) is 0. The molecule has 0 saturated carbocycles. The number of carbonyl (C=O) groups excluding carboxylic acids is 1. The van der Waals surface area contributed by atoms with E-state index in [2.05, 4.69) is 6.08 Å². The van der Waals surface area contributed by atoms with Crippen molar-refractivity contribution in [1.29, 1.82) is 0 Å². The molecule has 3 heteroatoms. The number of hydrogen-bond donors (Lipinski definition) is 0. The van der Waals surface area contributed by atoms with Crippen molar-refractivity contribution in [2.45, 2.75) is 18.4 Å². The fraction of sp³-hybridized carbons (Fsp3) is 0.545. The lowest BCUT2D eigenvalue weighted by Gasteiger charge is -2.35. The van der Waals surface area contributed by atoms with Crippen LogP contribution in [-0.2, 0) is 14.3 Å². The van der Waals surface area contributed by atoms with E-state index in [9.17, 15) is 4.79 Å². The van der Waals surface area contributed by atoms with Gasteiger partial charge in [0.1, 0.15) is 0 Å². The summed E-state index contributed by atoms with van der Waals surface area (Å²) in [6.45, 7) is 1.44. The van der Waals surface area contributed by atoms with Crippen molar-refractivity contribution in [3.63, 3.8) is 0 Å². The largest absolute Gasteiger partial charge is 0.375 e. The van der Waals surface area contributed by atoms with Crippen molar-refractivity contribution in [3.05, 3.63) is 23.8 Å². The Kier molecular flexibility index (Phi) is 2.79. The van der Waals surface area contributed by atoms with Gasteiger partial charge in [-0.05, 0) is 18.4 Å². The molecule has 1 fully saturated rings. The van der Waals surface area contributed by atoms with Crippen molar-refractivity contribution in [2.75, 3.05) is 19.8 Å². The van der Waals surface area contributed by atoms with Gasteiger partial charge in [-0.1, -0.05) is 18.2 Å². The Balaban J connectivity index is 2.21. The third kappa shape index (κ3) is 1.65. The molecular weight excluding hydrogens is 180 g/mol. The van der Waals surface area contributed by atoms with Crippen LogP contribution in [0, 0.1) is 0 Å². The van der Waals surface area contributed by atoms with Gasteiger partial charge >= 0.3 is 0 Å². The summed E-state index contributed by atoms with van der Waals surface area (Å²) in [5.41, 5.74) is 0.234. The van der Waals surface area contributed by atoms with Crippen LogP contribution in [0.4, 0.5) is 0 Å². The Labute approximate surface area is 83.4 Å². The molecule has 1 atom stereocenters. The highest BCUT2D eigenvalue weighted by Gasteiger charge is 2.37. The van der Waals surface area contributed by atoms with Gasteiger partial charge < -0.3 is 9.47 Å². The molecule has 3 nitrogen and oxygen atoms in total. The number of carbonyl (C=O) groups is 1. The molecule has 14 heavy (non-hydrogen) atoms. The minimum absolute atomic E-state index is 0.357. The second-order valence-corrected chi connectivity index (χ2v) is 3.57. The van der Waals surface area contributed by atoms with Crippen LogP contribution in [-0.4, -0.2) is 31.7 Å². The molecule has 2 aliphatic rings. The van der Waals surface area contributed by atoms with Gasteiger partial charge in [0.2, 0.25) is 0 Å². The van der Waals surface area contributed by atoms with Crippen LogP contribution in [0.5, 0.6) is 0 Å². The van der Waals surface area contributed by atoms with Crippen LogP contribution in [0.15, 0.2) is 23.8 Å². The van der Waals surface area contributed by atoms with Crippen LogP contribution in [0.2, 0.25) is 0 Å². The Morgan fingerprint density at radius 2 is 2.36 bits per heavy atom. The molecule has 1 aliphatic carbocycles. The third-order valence-electron chi connectivity index (χ3n) is 2.65. The minimum atomic E-state index is -0.803. The van der Waals surface area contributed by atoms with Crippen molar-refractivity contribution >= 4 is 6.29 Å². The highest BCUT2D eigenvalue weighted by Crippen LogP contribution is 2.28. The third-order valence-corrected chi connectivity index (χ3v) is 2.65. The topological polar surface area (TPSA) is 35.5 Å². The molecule has 0 aromatic heterocycles. The zero-order chi connectivity index (χ0) is 9.86. The maximum Gasteiger partial charge on any atom is 0.168 e. The normalized spacial score (nSPS) is 32.4. The van der Waals surface area contributed by atoms with Gasteiger partial charge in [-0.3, -0.25) is 4.79 Å². The van der Waals surface area contributed by atoms with Gasteiger partial charge in [-0.2, -0.15) is 0 Å². The monoisotopic (exact) mass is 194 g/mol. The quantitative estimate of drug-likeness (QED) is 0.620. The van der Waals surface area contributed by atoms with Crippen molar-refractivity contribution in [2.24, 2.45) is 0 Å². The zero-order valence-electron chi connectivity index (χ0n) is 8.07. The van der Waals surface area contributed by atoms with Gasteiger partial charge in [-0.25, -0.2) is 0 Å². The molecular formula is C11H14O3. The predicted octanol–water partition coefficient (Wildman–Crippen LogP) is 1.25. The molecule has 0 radical (unpaired) electrons. The van der Waals surface area contributed by atoms with E-state index in [1.807, 2.05) is 12.2 Å². The fourth-order valence-electron chi connectivity index (χ4n) is 1.83. The SMILES string of the molecule is O=CC1(C2=CC=CCC2)COCCO1. The standard InChI is InChI=1S/C11H14O3/c12-8-11(9-13-6-7-14-11)10-4-2-1-3-5-10/h1-2,4,8H,3,5-7,9H2. The average molecular weight is 194 g/mol. The van der Waals surface area contributed by atoms with E-state index in [4.69, 9.17) is 9.47 Å². The Morgan fingerprint density at radius 3 is 2.93 bits per heavy atom. The lowest BCUT2D eigenvalue weighted by Crippen LogP contribution is -2.46. The number of hydrogen-bond acceptors (Lipinski definition) is 3. The lowest BCUT2D eigenvalue weighted by molar-refractivity contribution is -0.154. The van der Waals surface area contributed by atoms with E-state index in [-0.39, 0.29) is 0 Å². The highest BCUT2D eigenvalue weighted by atomic mass is 16.6. The molecule has 0 amide bonds. The van der Waals surface area contributed by atoms with Crippen molar-refractivity contribution in [1.82, 2.24) is 0 Å². The first-order valence-corrected chi connectivity index (χ1v) is 4.92. The fourth-order valence-corrected chi connectivity index (χ4v) is 1.83. The summed E-state index contributed by atoms with van der Waals surface area (Å²) < 4.78 is 10.9. The molecule has 1 heterocycles. The summed E-state index contributed by atoms with van der Waals surface area (Å²) in [6, 6.07) is 0. The maximum absolute atomic E-state index is 11.1. The summed E-state index contributed by atoms with van der Waals surface area (Å²) in [5.74, 6) is 0. The lowest BCUT2D eigenvalue weighted by atomic mass is 9.89. The molecule has 76 valence electrons. The zero-order valence-corrected chi connectivity index (χ0v) is 8.07. The predicted molar refractivity (Wildman–Crippen MR) is 52.0 cm³/mol. The first-order chi connectivity index (χ1) is 6.87. The molecule has 0 N–H and O–H groups in total. The second kappa shape index (κ2) is 4.07. The summed E-state index contributed by atoms with van der Waals surface area (Å²) in [6.07, 6.45) is 8.76. The average Bonchev–Trinajstić information content (AvgIpc) is 2.31. The van der Waals surface area contributed by atoms with E-state index < -0.39 is 5.60 Å². The number of aldehydes is 1. The van der Waals surface area contributed by atoms with Gasteiger partial charge in [0.25, 0.3) is 0 Å². The molecule has 1 unspecified atom stereocenters. The Bertz CT molecular complexity index is 272. The van der Waals surface area contributed by atoms with Crippen LogP contribution < -0.4 is 0 Å². The molecule has 0 aromatic rings. The van der Waals surface area contributed by atoms with Gasteiger partial charge in [0.15, 0.2) is 11.9 Å². The van der Waals surface area contributed by atoms with Gasteiger partial charge in [0, 0.05) is 0 Å². The molecule has 0 bridgehead atoms. The van der Waals surface area contributed by atoms with E-state index in [0.717, 1.165) is 24.7 Å². The summed E-state index contributed by atoms with van der Waals surface area (Å²) in [4.78, 5) is 11.1. The van der Waals surface area contributed by atoms with Crippen molar-refractivity contribution < 1.29 is 14.3 Å². The van der Waals surface area contributed by atoms with Gasteiger partial charge in [-0.15, -0.1) is 0 Å². The summed E-state index contributed by atoms with van der Waals surface area (Å²) in [5, 5.41) is 0. The first kappa shape index (κ1) is 9.62.